The number of aliphatic hydroxyl groups excluding tert-OH is 2. The van der Waals surface area contributed by atoms with Crippen molar-refractivity contribution in [2.24, 2.45) is 0 Å². The van der Waals surface area contributed by atoms with E-state index in [1.54, 1.807) is 0 Å². The second-order valence-corrected chi connectivity index (χ2v) is 2.74. The number of unbranched alkanes of at least 4 members (excludes halogenated alkanes) is 1. The number of rotatable bonds is 6. The first kappa shape index (κ1) is 12.1. The molecule has 2 N–H and O–H groups in total. The molecule has 0 aromatic carbocycles. The summed E-state index contributed by atoms with van der Waals surface area (Å²) in [6.07, 6.45) is 0.599. The van der Waals surface area contributed by atoms with E-state index in [9.17, 15) is 9.90 Å². The van der Waals surface area contributed by atoms with Crippen LogP contribution in [0.1, 0.15) is 26.2 Å². The lowest BCUT2D eigenvalue weighted by molar-refractivity contribution is -0.181. The highest BCUT2D eigenvalue weighted by Gasteiger charge is 2.18. The maximum atomic E-state index is 10.6. The fourth-order valence-corrected chi connectivity index (χ4v) is 0.802. The average Bonchev–Trinajstić information content (AvgIpc) is 2.13. The molecule has 0 saturated carbocycles. The molecule has 4 heteroatoms. The number of hydrogen-bond acceptors (Lipinski definition) is 4. The van der Waals surface area contributed by atoms with Crippen LogP contribution in [-0.2, 0) is 9.53 Å². The summed E-state index contributed by atoms with van der Waals surface area (Å²) in [6, 6.07) is 0. The van der Waals surface area contributed by atoms with E-state index < -0.39 is 18.4 Å². The molecule has 76 valence electrons. The van der Waals surface area contributed by atoms with Crippen molar-refractivity contribution >= 4 is 5.97 Å². The zero-order chi connectivity index (χ0) is 10.3. The molecule has 0 aromatic rings. The van der Waals surface area contributed by atoms with Crippen LogP contribution in [0.25, 0.3) is 0 Å². The molecule has 0 aliphatic heterocycles. The van der Waals surface area contributed by atoms with Gasteiger partial charge in [-0.15, -0.1) is 0 Å². The molecule has 0 fully saturated rings. The van der Waals surface area contributed by atoms with E-state index in [0.29, 0.717) is 6.42 Å². The molecule has 4 nitrogen and oxygen atoms in total. The number of esters is 1. The number of carbonyl (C=O) groups excluding carboxylic acids is 1. The van der Waals surface area contributed by atoms with Gasteiger partial charge in [0, 0.05) is 6.08 Å². The monoisotopic (exact) mass is 188 g/mol. The third kappa shape index (κ3) is 5.38. The summed E-state index contributed by atoms with van der Waals surface area (Å²) in [4.78, 5) is 10.6. The first-order valence-electron chi connectivity index (χ1n) is 4.31. The van der Waals surface area contributed by atoms with Gasteiger partial charge in [0.05, 0.1) is 0 Å². The van der Waals surface area contributed by atoms with Crippen LogP contribution in [0.15, 0.2) is 12.7 Å². The lowest BCUT2D eigenvalue weighted by atomic mass is 10.1. The van der Waals surface area contributed by atoms with E-state index in [4.69, 9.17) is 5.11 Å². The topological polar surface area (TPSA) is 66.8 Å². The summed E-state index contributed by atoms with van der Waals surface area (Å²) >= 11 is 0. The van der Waals surface area contributed by atoms with Crippen molar-refractivity contribution in [1.29, 1.82) is 0 Å². The number of carbonyl (C=O) groups is 1. The summed E-state index contributed by atoms with van der Waals surface area (Å²) in [6.45, 7) is 5.13. The van der Waals surface area contributed by atoms with Crippen molar-refractivity contribution in [3.05, 3.63) is 12.7 Å². The van der Waals surface area contributed by atoms with Crippen LogP contribution >= 0.6 is 0 Å². The van der Waals surface area contributed by atoms with Gasteiger partial charge in [0.2, 0.25) is 6.29 Å². The zero-order valence-electron chi connectivity index (χ0n) is 7.77. The first-order valence-corrected chi connectivity index (χ1v) is 4.31. The smallest absolute Gasteiger partial charge is 0.332 e. The second-order valence-electron chi connectivity index (χ2n) is 2.74. The van der Waals surface area contributed by atoms with Gasteiger partial charge in [-0.25, -0.2) is 4.79 Å². The van der Waals surface area contributed by atoms with Crippen molar-refractivity contribution in [3.63, 3.8) is 0 Å². The SMILES string of the molecule is C=CC(=O)OC(O)C(O)CCCC. The quantitative estimate of drug-likeness (QED) is 0.363. The molecule has 13 heavy (non-hydrogen) atoms. The zero-order valence-corrected chi connectivity index (χ0v) is 7.77. The highest BCUT2D eigenvalue weighted by atomic mass is 16.6. The number of aliphatic hydroxyl groups is 2. The van der Waals surface area contributed by atoms with Gasteiger partial charge in [0.25, 0.3) is 0 Å². The van der Waals surface area contributed by atoms with Gasteiger partial charge in [-0.1, -0.05) is 26.3 Å². The fraction of sp³-hybridized carbons (Fsp3) is 0.667. The Morgan fingerprint density at radius 1 is 1.62 bits per heavy atom. The lowest BCUT2D eigenvalue weighted by Crippen LogP contribution is -2.30. The summed E-state index contributed by atoms with van der Waals surface area (Å²) in [7, 11) is 0. The molecule has 0 heterocycles. The number of ether oxygens (including phenoxy) is 1. The van der Waals surface area contributed by atoms with Crippen molar-refractivity contribution in [2.45, 2.75) is 38.6 Å². The van der Waals surface area contributed by atoms with Gasteiger partial charge < -0.3 is 14.9 Å². The van der Waals surface area contributed by atoms with E-state index in [1.807, 2.05) is 6.92 Å². The highest BCUT2D eigenvalue weighted by Crippen LogP contribution is 2.06. The Labute approximate surface area is 77.8 Å². The molecular weight excluding hydrogens is 172 g/mol. The standard InChI is InChI=1S/C9H16O4/c1-3-5-6-7(10)9(12)13-8(11)4-2/h4,7,9-10,12H,2-3,5-6H2,1H3. The Balaban J connectivity index is 3.74. The van der Waals surface area contributed by atoms with Crippen LogP contribution in [0, 0.1) is 0 Å². The molecule has 2 atom stereocenters. The largest absolute Gasteiger partial charge is 0.430 e. The molecule has 0 saturated heterocycles. The summed E-state index contributed by atoms with van der Waals surface area (Å²) in [5, 5.41) is 18.3. The van der Waals surface area contributed by atoms with Gasteiger partial charge in [-0.2, -0.15) is 0 Å². The summed E-state index contributed by atoms with van der Waals surface area (Å²) in [5.74, 6) is -0.733. The van der Waals surface area contributed by atoms with Crippen LogP contribution in [0.3, 0.4) is 0 Å². The minimum atomic E-state index is -1.45. The first-order chi connectivity index (χ1) is 6.11. The highest BCUT2D eigenvalue weighted by molar-refractivity contribution is 5.81. The maximum absolute atomic E-state index is 10.6. The second kappa shape index (κ2) is 6.62. The summed E-state index contributed by atoms with van der Waals surface area (Å²) in [5.41, 5.74) is 0. The van der Waals surface area contributed by atoms with E-state index in [0.717, 1.165) is 18.9 Å². The predicted octanol–water partition coefficient (Wildman–Crippen LogP) is 0.585. The average molecular weight is 188 g/mol. The minimum Gasteiger partial charge on any atom is -0.430 e. The van der Waals surface area contributed by atoms with E-state index >= 15 is 0 Å². The normalized spacial score (nSPS) is 14.7. The Morgan fingerprint density at radius 2 is 2.23 bits per heavy atom. The van der Waals surface area contributed by atoms with Crippen molar-refractivity contribution < 1.29 is 19.7 Å². The fourth-order valence-electron chi connectivity index (χ4n) is 0.802. The molecule has 0 aliphatic rings. The summed E-state index contributed by atoms with van der Waals surface area (Å²) < 4.78 is 4.41. The molecular formula is C9H16O4. The Bertz CT molecular complexity index is 167. The van der Waals surface area contributed by atoms with Crippen LogP contribution < -0.4 is 0 Å². The van der Waals surface area contributed by atoms with Gasteiger partial charge >= 0.3 is 5.97 Å². The molecule has 0 rings (SSSR count). The van der Waals surface area contributed by atoms with Crippen LogP contribution in [-0.4, -0.2) is 28.6 Å². The molecule has 0 radical (unpaired) electrons. The molecule has 0 aromatic heterocycles. The van der Waals surface area contributed by atoms with Crippen molar-refractivity contribution in [2.75, 3.05) is 0 Å². The van der Waals surface area contributed by atoms with E-state index in [1.165, 1.54) is 0 Å². The molecule has 0 bridgehead atoms. The van der Waals surface area contributed by atoms with Crippen LogP contribution in [0.4, 0.5) is 0 Å². The van der Waals surface area contributed by atoms with Crippen LogP contribution in [0.5, 0.6) is 0 Å². The number of hydrogen-bond donors (Lipinski definition) is 2. The van der Waals surface area contributed by atoms with Gasteiger partial charge in [-0.3, -0.25) is 0 Å². The van der Waals surface area contributed by atoms with Gasteiger partial charge in [-0.05, 0) is 6.42 Å². The van der Waals surface area contributed by atoms with Crippen molar-refractivity contribution in [1.82, 2.24) is 0 Å². The maximum Gasteiger partial charge on any atom is 0.332 e. The van der Waals surface area contributed by atoms with E-state index in [-0.39, 0.29) is 0 Å². The Hall–Kier alpha value is -0.870. The van der Waals surface area contributed by atoms with E-state index in [2.05, 4.69) is 11.3 Å². The third-order valence-corrected chi connectivity index (χ3v) is 1.59. The lowest BCUT2D eigenvalue weighted by Gasteiger charge is -2.16. The molecule has 2 unspecified atom stereocenters. The van der Waals surface area contributed by atoms with Crippen LogP contribution in [0.2, 0.25) is 0 Å². The Kier molecular flexibility index (Phi) is 6.18. The molecule has 0 aliphatic carbocycles. The van der Waals surface area contributed by atoms with Gasteiger partial charge in [0.1, 0.15) is 6.10 Å². The van der Waals surface area contributed by atoms with Crippen molar-refractivity contribution in [3.8, 4) is 0 Å². The third-order valence-electron chi connectivity index (χ3n) is 1.59. The molecule has 0 spiro atoms. The minimum absolute atomic E-state index is 0.419. The van der Waals surface area contributed by atoms with Gasteiger partial charge in [0.15, 0.2) is 0 Å². The Morgan fingerprint density at radius 3 is 2.69 bits per heavy atom. The molecule has 0 amide bonds. The predicted molar refractivity (Wildman–Crippen MR) is 47.8 cm³/mol.